The fraction of sp³-hybridized carbons (Fsp3) is 0.192. The van der Waals surface area contributed by atoms with E-state index < -0.39 is 46.8 Å². The van der Waals surface area contributed by atoms with Crippen LogP contribution >= 0.6 is 11.6 Å². The molecule has 3 N–H and O–H groups in total. The van der Waals surface area contributed by atoms with Gasteiger partial charge in [-0.05, 0) is 48.5 Å². The van der Waals surface area contributed by atoms with Crippen LogP contribution in [0.15, 0.2) is 53.5 Å². The highest BCUT2D eigenvalue weighted by Crippen LogP contribution is 2.41. The lowest BCUT2D eigenvalue weighted by Crippen LogP contribution is -2.29. The first-order valence-electron chi connectivity index (χ1n) is 11.6. The number of alkyl halides is 3. The summed E-state index contributed by atoms with van der Waals surface area (Å²) in [4.78, 5) is 32.3. The molecule has 13 heteroatoms. The highest BCUT2D eigenvalue weighted by molar-refractivity contribution is 6.31. The number of hydrogen-bond acceptors (Lipinski definition) is 5. The number of hydrogen-bond donors (Lipinski definition) is 3. The van der Waals surface area contributed by atoms with Gasteiger partial charge in [0, 0.05) is 52.2 Å². The first-order valence-corrected chi connectivity index (χ1v) is 11.9. The number of anilines is 2. The minimum Gasteiger partial charge on any atom is -0.344 e. The molecule has 2 heterocycles. The zero-order chi connectivity index (χ0) is 28.1. The van der Waals surface area contributed by atoms with Gasteiger partial charge in [-0.25, -0.2) is 8.78 Å². The van der Waals surface area contributed by atoms with E-state index in [1.165, 1.54) is 18.2 Å². The summed E-state index contributed by atoms with van der Waals surface area (Å²) in [6.07, 6.45) is -4.88. The Bertz CT molecular complexity index is 1540. The van der Waals surface area contributed by atoms with Gasteiger partial charge < -0.3 is 20.9 Å². The molecule has 7 nitrogen and oxygen atoms in total. The van der Waals surface area contributed by atoms with E-state index in [0.717, 1.165) is 12.1 Å². The van der Waals surface area contributed by atoms with Crippen LogP contribution in [0, 0.1) is 11.6 Å². The van der Waals surface area contributed by atoms with E-state index in [1.807, 2.05) is 4.90 Å². The van der Waals surface area contributed by atoms with Gasteiger partial charge in [-0.15, -0.1) is 0 Å². The van der Waals surface area contributed by atoms with Crippen molar-refractivity contribution >= 4 is 40.7 Å². The second-order valence-electron chi connectivity index (χ2n) is 8.99. The van der Waals surface area contributed by atoms with Crippen LogP contribution in [0.4, 0.5) is 33.3 Å². The van der Waals surface area contributed by atoms with Crippen LogP contribution in [0.3, 0.4) is 0 Å². The minimum atomic E-state index is -4.88. The Labute approximate surface area is 223 Å². The van der Waals surface area contributed by atoms with E-state index in [1.54, 1.807) is 7.05 Å². The highest BCUT2D eigenvalue weighted by atomic mass is 35.5. The molecule has 0 radical (unpaired) electrons. The van der Waals surface area contributed by atoms with E-state index in [-0.39, 0.29) is 33.5 Å². The molecule has 0 saturated heterocycles. The third-order valence-corrected chi connectivity index (χ3v) is 6.65. The number of rotatable bonds is 4. The molecule has 3 aromatic carbocycles. The first-order chi connectivity index (χ1) is 18.4. The van der Waals surface area contributed by atoms with Crippen LogP contribution in [0.25, 0.3) is 0 Å². The molecular formula is C26H19ClF5N5O2. The van der Waals surface area contributed by atoms with Crippen LogP contribution in [-0.4, -0.2) is 42.8 Å². The summed E-state index contributed by atoms with van der Waals surface area (Å²) in [5.74, 6) is -2.99. The number of benzene rings is 3. The van der Waals surface area contributed by atoms with Crippen molar-refractivity contribution in [1.29, 1.82) is 0 Å². The first kappa shape index (κ1) is 26.4. The Morgan fingerprint density at radius 2 is 1.87 bits per heavy atom. The van der Waals surface area contributed by atoms with Gasteiger partial charge in [0.25, 0.3) is 11.8 Å². The Balaban J connectivity index is 1.61. The average Bonchev–Trinajstić information content (AvgIpc) is 3.42. The molecular weight excluding hydrogens is 545 g/mol. The molecule has 2 amide bonds. The van der Waals surface area contributed by atoms with Gasteiger partial charge in [0.1, 0.15) is 11.6 Å². The number of amides is 2. The molecule has 0 bridgehead atoms. The third-order valence-electron chi connectivity index (χ3n) is 6.31. The maximum atomic E-state index is 14.1. The topological polar surface area (TPSA) is 85.8 Å². The van der Waals surface area contributed by atoms with E-state index in [0.29, 0.717) is 36.9 Å². The van der Waals surface area contributed by atoms with Crippen molar-refractivity contribution in [3.05, 3.63) is 93.0 Å². The Kier molecular flexibility index (Phi) is 6.67. The van der Waals surface area contributed by atoms with Crippen molar-refractivity contribution in [2.45, 2.75) is 12.2 Å². The number of likely N-dealkylation sites (N-methyl/N-ethyl adjacent to an activating group) is 1. The number of nitrogens with one attached hydrogen (secondary N) is 3. The van der Waals surface area contributed by atoms with Gasteiger partial charge >= 0.3 is 6.18 Å². The van der Waals surface area contributed by atoms with Gasteiger partial charge in [0.15, 0.2) is 5.96 Å². The van der Waals surface area contributed by atoms with Gasteiger partial charge in [-0.2, -0.15) is 13.2 Å². The molecule has 0 aliphatic carbocycles. The van der Waals surface area contributed by atoms with Gasteiger partial charge in [-0.3, -0.25) is 14.6 Å². The SMILES string of the molecule is CN1CCN=C1Nc1cc(NC(=O)c2cc(F)cc(C(F)(F)F)c2)c2c(c1)C(=O)NC2c1cc(F)ccc1Cl. The van der Waals surface area contributed by atoms with E-state index in [9.17, 15) is 31.5 Å². The largest absolute Gasteiger partial charge is 0.416 e. The van der Waals surface area contributed by atoms with Crippen molar-refractivity contribution < 1.29 is 31.5 Å². The normalized spacial score (nSPS) is 16.6. The summed E-state index contributed by atoms with van der Waals surface area (Å²) in [7, 11) is 1.80. The lowest BCUT2D eigenvalue weighted by atomic mass is 9.95. The number of carbonyl (C=O) groups is 2. The van der Waals surface area contributed by atoms with E-state index >= 15 is 0 Å². The summed E-state index contributed by atoms with van der Waals surface area (Å²) in [6, 6.07) is 7.01. The van der Waals surface area contributed by atoms with E-state index in [4.69, 9.17) is 11.6 Å². The molecule has 2 aliphatic heterocycles. The summed E-state index contributed by atoms with van der Waals surface area (Å²) >= 11 is 6.30. The number of carbonyl (C=O) groups excluding carboxylic acids is 2. The van der Waals surface area contributed by atoms with Crippen LogP contribution < -0.4 is 16.0 Å². The molecule has 1 atom stereocenters. The Hall–Kier alpha value is -4.19. The summed E-state index contributed by atoms with van der Waals surface area (Å²) in [5.41, 5.74) is -1.05. The zero-order valence-corrected chi connectivity index (χ0v) is 20.8. The smallest absolute Gasteiger partial charge is 0.344 e. The summed E-state index contributed by atoms with van der Waals surface area (Å²) in [6.45, 7) is 1.19. The van der Waals surface area contributed by atoms with Crippen molar-refractivity contribution in [3.63, 3.8) is 0 Å². The van der Waals surface area contributed by atoms with Crippen molar-refractivity contribution in [2.24, 2.45) is 4.99 Å². The van der Waals surface area contributed by atoms with Gasteiger partial charge in [0.05, 0.1) is 18.2 Å². The maximum Gasteiger partial charge on any atom is 0.416 e. The van der Waals surface area contributed by atoms with Crippen molar-refractivity contribution in [1.82, 2.24) is 10.2 Å². The van der Waals surface area contributed by atoms with Crippen molar-refractivity contribution in [2.75, 3.05) is 30.8 Å². The number of nitrogens with zero attached hydrogens (tertiary/aromatic N) is 2. The van der Waals surface area contributed by atoms with Crippen LogP contribution in [-0.2, 0) is 6.18 Å². The molecule has 2 aliphatic rings. The van der Waals surface area contributed by atoms with Crippen LogP contribution in [0.5, 0.6) is 0 Å². The molecule has 0 saturated carbocycles. The number of halogens is 6. The molecule has 202 valence electrons. The summed E-state index contributed by atoms with van der Waals surface area (Å²) < 4.78 is 67.8. The fourth-order valence-corrected chi connectivity index (χ4v) is 4.68. The standard InChI is InChI=1S/C26H19ClF5N5O2/c1-37-5-4-33-25(37)34-16-10-18-21(22(36-24(18)39)17-9-14(28)2-3-19(17)27)20(11-16)35-23(38)12-6-13(26(30,31)32)8-15(29)7-12/h2-3,6-11,22H,4-5H2,1H3,(H,33,34)(H,35,38)(H,36,39). The van der Waals surface area contributed by atoms with Crippen LogP contribution in [0.1, 0.15) is 43.4 Å². The molecule has 0 spiro atoms. The third kappa shape index (κ3) is 5.24. The Morgan fingerprint density at radius 1 is 1.10 bits per heavy atom. The predicted molar refractivity (Wildman–Crippen MR) is 135 cm³/mol. The van der Waals surface area contributed by atoms with E-state index in [2.05, 4.69) is 20.9 Å². The molecule has 1 unspecified atom stereocenters. The molecule has 3 aromatic rings. The number of fused-ring (bicyclic) bond motifs is 1. The molecule has 0 aromatic heterocycles. The minimum absolute atomic E-state index is 0.0164. The predicted octanol–water partition coefficient (Wildman–Crippen LogP) is 5.44. The zero-order valence-electron chi connectivity index (χ0n) is 20.1. The monoisotopic (exact) mass is 563 g/mol. The molecule has 0 fully saturated rings. The van der Waals surface area contributed by atoms with Crippen molar-refractivity contribution in [3.8, 4) is 0 Å². The number of aliphatic imine (C=N–C) groups is 1. The average molecular weight is 564 g/mol. The van der Waals surface area contributed by atoms with Crippen LogP contribution in [0.2, 0.25) is 5.02 Å². The lowest BCUT2D eigenvalue weighted by Gasteiger charge is -2.20. The quantitative estimate of drug-likeness (QED) is 0.369. The fourth-order valence-electron chi connectivity index (χ4n) is 4.45. The summed E-state index contributed by atoms with van der Waals surface area (Å²) in [5, 5.41) is 8.40. The second-order valence-corrected chi connectivity index (χ2v) is 9.40. The lowest BCUT2D eigenvalue weighted by molar-refractivity contribution is -0.137. The number of guanidine groups is 1. The van der Waals surface area contributed by atoms with Gasteiger partial charge in [-0.1, -0.05) is 11.6 Å². The highest BCUT2D eigenvalue weighted by Gasteiger charge is 2.36. The molecule has 5 rings (SSSR count). The second kappa shape index (κ2) is 9.84. The molecule has 39 heavy (non-hydrogen) atoms. The maximum absolute atomic E-state index is 14.1. The Morgan fingerprint density at radius 3 is 2.56 bits per heavy atom. The van der Waals surface area contributed by atoms with Gasteiger partial charge in [0.2, 0.25) is 0 Å².